The minimum Gasteiger partial charge on any atom is -0.493 e. The van der Waals surface area contributed by atoms with Crippen LogP contribution in [0.1, 0.15) is 41.4 Å². The number of hydrogen-bond acceptors (Lipinski definition) is 6. The van der Waals surface area contributed by atoms with E-state index in [4.69, 9.17) is 14.2 Å². The van der Waals surface area contributed by atoms with Gasteiger partial charge >= 0.3 is 5.97 Å². The molecule has 0 saturated carbocycles. The fraction of sp³-hybridized carbons (Fsp3) is 0.421. The van der Waals surface area contributed by atoms with Crippen LogP contribution in [0.2, 0.25) is 0 Å². The first-order valence-corrected chi connectivity index (χ1v) is 8.64. The Morgan fingerprint density at radius 2 is 1.93 bits per heavy atom. The first-order chi connectivity index (χ1) is 13.0. The summed E-state index contributed by atoms with van der Waals surface area (Å²) in [6.45, 7) is 3.94. The van der Waals surface area contributed by atoms with E-state index in [0.717, 1.165) is 5.56 Å². The topological polar surface area (TPSA) is 103 Å². The maximum Gasteiger partial charge on any atom is 0.342 e. The van der Waals surface area contributed by atoms with Gasteiger partial charge in [-0.2, -0.15) is 5.10 Å². The standard InChI is InChI=1S/C19H25N3O5/c1-12(2)18-14(10-21-22-18)19(24)27-11-17(23)20-8-7-13-5-6-15(25-3)16(9-13)26-4/h5-6,9-10,12H,7-8,11H2,1-4H3,(H,20,23)(H,21,22). The molecular weight excluding hydrogens is 350 g/mol. The fourth-order valence-corrected chi connectivity index (χ4v) is 2.54. The van der Waals surface area contributed by atoms with Gasteiger partial charge in [0.05, 0.1) is 26.1 Å². The Kier molecular flexibility index (Phi) is 7.22. The Bertz CT molecular complexity index is 785. The van der Waals surface area contributed by atoms with E-state index in [1.807, 2.05) is 32.0 Å². The van der Waals surface area contributed by atoms with Crippen LogP contribution < -0.4 is 14.8 Å². The molecule has 0 aliphatic carbocycles. The van der Waals surface area contributed by atoms with Gasteiger partial charge in [0.15, 0.2) is 18.1 Å². The number of esters is 1. The molecule has 2 N–H and O–H groups in total. The molecule has 0 bridgehead atoms. The second kappa shape index (κ2) is 9.61. The van der Waals surface area contributed by atoms with Crippen molar-refractivity contribution in [2.75, 3.05) is 27.4 Å². The average Bonchev–Trinajstić information content (AvgIpc) is 3.16. The van der Waals surface area contributed by atoms with E-state index in [0.29, 0.717) is 35.7 Å². The number of rotatable bonds is 9. The molecule has 0 spiro atoms. The monoisotopic (exact) mass is 375 g/mol. The van der Waals surface area contributed by atoms with Crippen LogP contribution in [0.15, 0.2) is 24.4 Å². The van der Waals surface area contributed by atoms with Crippen LogP contribution in [-0.2, 0) is 16.0 Å². The van der Waals surface area contributed by atoms with Crippen molar-refractivity contribution in [3.63, 3.8) is 0 Å². The number of nitrogens with zero attached hydrogens (tertiary/aromatic N) is 1. The average molecular weight is 375 g/mol. The zero-order valence-corrected chi connectivity index (χ0v) is 16.0. The van der Waals surface area contributed by atoms with Crippen molar-refractivity contribution in [2.45, 2.75) is 26.2 Å². The van der Waals surface area contributed by atoms with Gasteiger partial charge in [-0.3, -0.25) is 9.89 Å². The summed E-state index contributed by atoms with van der Waals surface area (Å²) in [6, 6.07) is 5.58. The summed E-state index contributed by atoms with van der Waals surface area (Å²) in [4.78, 5) is 24.0. The largest absolute Gasteiger partial charge is 0.493 e. The van der Waals surface area contributed by atoms with Crippen molar-refractivity contribution in [1.29, 1.82) is 0 Å². The lowest BCUT2D eigenvalue weighted by Gasteiger charge is -2.10. The molecule has 1 aromatic heterocycles. The Balaban J connectivity index is 1.78. The Labute approximate surface area is 158 Å². The van der Waals surface area contributed by atoms with Crippen molar-refractivity contribution in [3.05, 3.63) is 41.2 Å². The third kappa shape index (κ3) is 5.47. The summed E-state index contributed by atoms with van der Waals surface area (Å²) in [7, 11) is 3.15. The number of carbonyl (C=O) groups is 2. The van der Waals surface area contributed by atoms with Gasteiger partial charge in [0.25, 0.3) is 5.91 Å². The van der Waals surface area contributed by atoms with Gasteiger partial charge in [-0.25, -0.2) is 4.79 Å². The van der Waals surface area contributed by atoms with Crippen molar-refractivity contribution in [3.8, 4) is 11.5 Å². The summed E-state index contributed by atoms with van der Waals surface area (Å²) >= 11 is 0. The predicted octanol–water partition coefficient (Wildman–Crippen LogP) is 2.07. The molecular formula is C19H25N3O5. The number of carbonyl (C=O) groups excluding carboxylic acids is 2. The molecule has 27 heavy (non-hydrogen) atoms. The number of hydrogen-bond donors (Lipinski definition) is 2. The maximum absolute atomic E-state index is 12.1. The SMILES string of the molecule is COc1ccc(CCNC(=O)COC(=O)c2cn[nH]c2C(C)C)cc1OC. The maximum atomic E-state index is 12.1. The van der Waals surface area contributed by atoms with Crippen molar-refractivity contribution in [2.24, 2.45) is 0 Å². The van der Waals surface area contributed by atoms with Crippen LogP contribution in [0.4, 0.5) is 0 Å². The molecule has 2 aromatic rings. The first kappa shape index (κ1) is 20.3. The molecule has 146 valence electrons. The quantitative estimate of drug-likeness (QED) is 0.651. The summed E-state index contributed by atoms with van der Waals surface area (Å²) in [5, 5.41) is 9.35. The highest BCUT2D eigenvalue weighted by Crippen LogP contribution is 2.27. The van der Waals surface area contributed by atoms with E-state index in [-0.39, 0.29) is 18.4 Å². The predicted molar refractivity (Wildman–Crippen MR) is 99.2 cm³/mol. The van der Waals surface area contributed by atoms with Gasteiger partial charge in [0.2, 0.25) is 0 Å². The lowest BCUT2D eigenvalue weighted by molar-refractivity contribution is -0.124. The molecule has 1 amide bonds. The number of H-pyrrole nitrogens is 1. The number of amides is 1. The third-order valence-electron chi connectivity index (χ3n) is 3.98. The van der Waals surface area contributed by atoms with E-state index in [9.17, 15) is 9.59 Å². The van der Waals surface area contributed by atoms with E-state index < -0.39 is 5.97 Å². The number of methoxy groups -OCH3 is 2. The number of aromatic nitrogens is 2. The minimum absolute atomic E-state index is 0.102. The second-order valence-corrected chi connectivity index (χ2v) is 6.22. The number of ether oxygens (including phenoxy) is 3. The highest BCUT2D eigenvalue weighted by atomic mass is 16.5. The molecule has 0 aliphatic heterocycles. The smallest absolute Gasteiger partial charge is 0.342 e. The van der Waals surface area contributed by atoms with Gasteiger partial charge in [-0.1, -0.05) is 19.9 Å². The Morgan fingerprint density at radius 1 is 1.19 bits per heavy atom. The highest BCUT2D eigenvalue weighted by Gasteiger charge is 2.18. The van der Waals surface area contributed by atoms with E-state index in [1.165, 1.54) is 6.20 Å². The van der Waals surface area contributed by atoms with Gasteiger partial charge in [-0.05, 0) is 30.0 Å². The van der Waals surface area contributed by atoms with E-state index in [1.54, 1.807) is 14.2 Å². The minimum atomic E-state index is -0.567. The second-order valence-electron chi connectivity index (χ2n) is 6.22. The van der Waals surface area contributed by atoms with Gasteiger partial charge < -0.3 is 19.5 Å². The van der Waals surface area contributed by atoms with Crippen LogP contribution >= 0.6 is 0 Å². The molecule has 0 saturated heterocycles. The molecule has 0 aliphatic rings. The van der Waals surface area contributed by atoms with Crippen molar-refractivity contribution >= 4 is 11.9 Å². The first-order valence-electron chi connectivity index (χ1n) is 8.64. The van der Waals surface area contributed by atoms with Gasteiger partial charge in [0.1, 0.15) is 5.56 Å². The van der Waals surface area contributed by atoms with Crippen LogP contribution in [0.3, 0.4) is 0 Å². The van der Waals surface area contributed by atoms with Gasteiger partial charge in [-0.15, -0.1) is 0 Å². The third-order valence-corrected chi connectivity index (χ3v) is 3.98. The van der Waals surface area contributed by atoms with E-state index >= 15 is 0 Å². The summed E-state index contributed by atoms with van der Waals surface area (Å²) in [5.74, 6) is 0.458. The van der Waals surface area contributed by atoms with Crippen LogP contribution in [-0.4, -0.2) is 49.4 Å². The molecule has 0 radical (unpaired) electrons. The molecule has 1 aromatic carbocycles. The highest BCUT2D eigenvalue weighted by molar-refractivity contribution is 5.92. The lowest BCUT2D eigenvalue weighted by Crippen LogP contribution is -2.30. The molecule has 8 heteroatoms. The molecule has 2 rings (SSSR count). The summed E-state index contributed by atoms with van der Waals surface area (Å²) in [6.07, 6.45) is 2.02. The van der Waals surface area contributed by atoms with Gasteiger partial charge in [0, 0.05) is 6.54 Å². The molecule has 8 nitrogen and oxygen atoms in total. The lowest BCUT2D eigenvalue weighted by atomic mass is 10.1. The zero-order valence-electron chi connectivity index (χ0n) is 16.0. The summed E-state index contributed by atoms with van der Waals surface area (Å²) < 4.78 is 15.5. The molecule has 1 heterocycles. The number of aromatic amines is 1. The Hall–Kier alpha value is -3.03. The van der Waals surface area contributed by atoms with Crippen LogP contribution in [0.5, 0.6) is 11.5 Å². The van der Waals surface area contributed by atoms with Crippen LogP contribution in [0.25, 0.3) is 0 Å². The number of benzene rings is 1. The van der Waals surface area contributed by atoms with E-state index in [2.05, 4.69) is 15.5 Å². The van der Waals surface area contributed by atoms with Crippen molar-refractivity contribution in [1.82, 2.24) is 15.5 Å². The van der Waals surface area contributed by atoms with Crippen LogP contribution in [0, 0.1) is 0 Å². The Morgan fingerprint density at radius 3 is 2.59 bits per heavy atom. The molecule has 0 atom stereocenters. The molecule has 0 unspecified atom stereocenters. The number of nitrogens with one attached hydrogen (secondary N) is 2. The molecule has 0 fully saturated rings. The fourth-order valence-electron chi connectivity index (χ4n) is 2.54. The normalized spacial score (nSPS) is 10.6. The zero-order chi connectivity index (χ0) is 19.8. The van der Waals surface area contributed by atoms with Crippen molar-refractivity contribution < 1.29 is 23.8 Å². The summed E-state index contributed by atoms with van der Waals surface area (Å²) in [5.41, 5.74) is 2.03.